The van der Waals surface area contributed by atoms with E-state index < -0.39 is 5.91 Å². The maximum atomic E-state index is 12.1. The molecule has 0 spiro atoms. The molecule has 0 fully saturated rings. The molecule has 5 heteroatoms. The Hall–Kier alpha value is -2.33. The van der Waals surface area contributed by atoms with E-state index in [2.05, 4.69) is 10.6 Å². The van der Waals surface area contributed by atoms with Crippen molar-refractivity contribution in [2.75, 3.05) is 10.6 Å². The van der Waals surface area contributed by atoms with Crippen LogP contribution in [0.2, 0.25) is 5.02 Å². The van der Waals surface area contributed by atoms with E-state index in [4.69, 9.17) is 11.6 Å². The SMILES string of the molecule is Cc1ccc(NC(=O)CC(=O)Nc2c(C)cc(C)cc2Cl)c(C)c1. The van der Waals surface area contributed by atoms with Crippen LogP contribution in [0.1, 0.15) is 28.7 Å². The fourth-order valence-corrected chi connectivity index (χ4v) is 2.92. The summed E-state index contributed by atoms with van der Waals surface area (Å²) in [5.74, 6) is -0.758. The van der Waals surface area contributed by atoms with Gasteiger partial charge in [-0.05, 0) is 56.5 Å². The van der Waals surface area contributed by atoms with Crippen LogP contribution in [-0.2, 0) is 9.59 Å². The number of halogens is 1. The van der Waals surface area contributed by atoms with Gasteiger partial charge in [-0.1, -0.05) is 35.4 Å². The standard InChI is InChI=1S/C19H21ClN2O2/c1-11-5-6-16(13(3)7-11)21-17(23)10-18(24)22-19-14(4)8-12(2)9-15(19)20/h5-9H,10H2,1-4H3,(H,21,23)(H,22,24). The largest absolute Gasteiger partial charge is 0.325 e. The molecule has 2 aromatic rings. The third kappa shape index (κ3) is 4.59. The average molecular weight is 345 g/mol. The van der Waals surface area contributed by atoms with Gasteiger partial charge in [-0.3, -0.25) is 9.59 Å². The Morgan fingerprint density at radius 1 is 0.875 bits per heavy atom. The maximum Gasteiger partial charge on any atom is 0.233 e. The minimum Gasteiger partial charge on any atom is -0.325 e. The summed E-state index contributed by atoms with van der Waals surface area (Å²) in [7, 11) is 0. The molecule has 2 rings (SSSR count). The number of aryl methyl sites for hydroxylation is 4. The van der Waals surface area contributed by atoms with Gasteiger partial charge in [0.2, 0.25) is 11.8 Å². The molecule has 2 amide bonds. The first kappa shape index (κ1) is 18.0. The van der Waals surface area contributed by atoms with E-state index >= 15 is 0 Å². The van der Waals surface area contributed by atoms with Gasteiger partial charge in [0.25, 0.3) is 0 Å². The number of nitrogens with one attached hydrogen (secondary N) is 2. The van der Waals surface area contributed by atoms with Crippen molar-refractivity contribution in [3.05, 3.63) is 57.6 Å². The van der Waals surface area contributed by atoms with Crippen molar-refractivity contribution in [2.24, 2.45) is 0 Å². The molecule has 0 aliphatic rings. The van der Waals surface area contributed by atoms with E-state index in [1.165, 1.54) is 0 Å². The molecule has 0 radical (unpaired) electrons. The highest BCUT2D eigenvalue weighted by molar-refractivity contribution is 6.34. The molecule has 0 saturated carbocycles. The van der Waals surface area contributed by atoms with Crippen LogP contribution in [0.4, 0.5) is 11.4 Å². The lowest BCUT2D eigenvalue weighted by Crippen LogP contribution is -2.22. The van der Waals surface area contributed by atoms with Gasteiger partial charge in [-0.15, -0.1) is 0 Å². The van der Waals surface area contributed by atoms with Gasteiger partial charge in [0.05, 0.1) is 10.7 Å². The number of carbonyl (C=O) groups is 2. The molecule has 4 nitrogen and oxygen atoms in total. The van der Waals surface area contributed by atoms with Crippen molar-refractivity contribution < 1.29 is 9.59 Å². The minimum atomic E-state index is -0.397. The number of amides is 2. The lowest BCUT2D eigenvalue weighted by molar-refractivity contribution is -0.123. The fourth-order valence-electron chi connectivity index (χ4n) is 2.55. The summed E-state index contributed by atoms with van der Waals surface area (Å²) in [5, 5.41) is 5.94. The highest BCUT2D eigenvalue weighted by atomic mass is 35.5. The zero-order valence-electron chi connectivity index (χ0n) is 14.3. The van der Waals surface area contributed by atoms with Crippen molar-refractivity contribution in [3.8, 4) is 0 Å². The van der Waals surface area contributed by atoms with Crippen molar-refractivity contribution in [2.45, 2.75) is 34.1 Å². The van der Waals surface area contributed by atoms with Crippen LogP contribution in [0, 0.1) is 27.7 Å². The molecular formula is C19H21ClN2O2. The van der Waals surface area contributed by atoms with Gasteiger partial charge < -0.3 is 10.6 Å². The fraction of sp³-hybridized carbons (Fsp3) is 0.263. The number of rotatable bonds is 4. The monoisotopic (exact) mass is 344 g/mol. The third-order valence-electron chi connectivity index (χ3n) is 3.67. The van der Waals surface area contributed by atoms with Gasteiger partial charge in [-0.25, -0.2) is 0 Å². The molecule has 0 aromatic heterocycles. The second-order valence-electron chi connectivity index (χ2n) is 6.03. The Balaban J connectivity index is 2.01. The van der Waals surface area contributed by atoms with Crippen molar-refractivity contribution in [1.82, 2.24) is 0 Å². The maximum absolute atomic E-state index is 12.1. The van der Waals surface area contributed by atoms with E-state index in [1.54, 1.807) is 6.07 Å². The average Bonchev–Trinajstić information content (AvgIpc) is 2.45. The van der Waals surface area contributed by atoms with Crippen LogP contribution in [0.3, 0.4) is 0 Å². The molecule has 0 unspecified atom stereocenters. The molecule has 0 bridgehead atoms. The van der Waals surface area contributed by atoms with E-state index in [1.807, 2.05) is 52.0 Å². The van der Waals surface area contributed by atoms with Crippen LogP contribution < -0.4 is 10.6 Å². The summed E-state index contributed by atoms with van der Waals surface area (Å²) in [5.41, 5.74) is 5.22. The molecule has 0 heterocycles. The topological polar surface area (TPSA) is 58.2 Å². The second kappa shape index (κ2) is 7.49. The van der Waals surface area contributed by atoms with Crippen molar-refractivity contribution in [3.63, 3.8) is 0 Å². The van der Waals surface area contributed by atoms with E-state index in [-0.39, 0.29) is 12.3 Å². The van der Waals surface area contributed by atoms with Gasteiger partial charge in [0.15, 0.2) is 0 Å². The molecule has 0 saturated heterocycles. The van der Waals surface area contributed by atoms with Crippen LogP contribution in [0.5, 0.6) is 0 Å². The molecule has 2 N–H and O–H groups in total. The summed E-state index contributed by atoms with van der Waals surface area (Å²) in [6.07, 6.45) is -0.267. The van der Waals surface area contributed by atoms with Gasteiger partial charge in [-0.2, -0.15) is 0 Å². The van der Waals surface area contributed by atoms with E-state index in [9.17, 15) is 9.59 Å². The van der Waals surface area contributed by atoms with Crippen LogP contribution in [0.15, 0.2) is 30.3 Å². The Kier molecular flexibility index (Phi) is 5.62. The summed E-state index contributed by atoms with van der Waals surface area (Å²) in [6.45, 7) is 7.70. The highest BCUT2D eigenvalue weighted by Gasteiger charge is 2.14. The van der Waals surface area contributed by atoms with Crippen molar-refractivity contribution in [1.29, 1.82) is 0 Å². The number of anilines is 2. The third-order valence-corrected chi connectivity index (χ3v) is 3.97. The number of hydrogen-bond acceptors (Lipinski definition) is 2. The second-order valence-corrected chi connectivity index (χ2v) is 6.44. The first-order valence-electron chi connectivity index (χ1n) is 7.70. The normalized spacial score (nSPS) is 10.4. The highest BCUT2D eigenvalue weighted by Crippen LogP contribution is 2.27. The summed E-state index contributed by atoms with van der Waals surface area (Å²) in [4.78, 5) is 24.2. The van der Waals surface area contributed by atoms with Crippen LogP contribution in [0.25, 0.3) is 0 Å². The first-order valence-corrected chi connectivity index (χ1v) is 8.08. The molecule has 126 valence electrons. The molecule has 0 aliphatic heterocycles. The zero-order chi connectivity index (χ0) is 17.9. The minimum absolute atomic E-state index is 0.267. The van der Waals surface area contributed by atoms with Crippen molar-refractivity contribution >= 4 is 34.8 Å². The van der Waals surface area contributed by atoms with Crippen LogP contribution in [-0.4, -0.2) is 11.8 Å². The Bertz CT molecular complexity index is 777. The summed E-state index contributed by atoms with van der Waals surface area (Å²) in [6, 6.07) is 9.43. The van der Waals surface area contributed by atoms with E-state index in [0.29, 0.717) is 16.4 Å². The van der Waals surface area contributed by atoms with E-state index in [0.717, 1.165) is 22.3 Å². The zero-order valence-corrected chi connectivity index (χ0v) is 15.0. The Morgan fingerprint density at radius 2 is 1.50 bits per heavy atom. The molecule has 2 aromatic carbocycles. The predicted octanol–water partition coefficient (Wildman–Crippen LogP) is 4.54. The Morgan fingerprint density at radius 3 is 2.12 bits per heavy atom. The molecule has 24 heavy (non-hydrogen) atoms. The van der Waals surface area contributed by atoms with Gasteiger partial charge >= 0.3 is 0 Å². The number of hydrogen-bond donors (Lipinski definition) is 2. The van der Waals surface area contributed by atoms with Gasteiger partial charge in [0.1, 0.15) is 6.42 Å². The smallest absolute Gasteiger partial charge is 0.233 e. The molecule has 0 aliphatic carbocycles. The lowest BCUT2D eigenvalue weighted by atomic mass is 10.1. The molecule has 0 atom stereocenters. The van der Waals surface area contributed by atoms with Crippen LogP contribution >= 0.6 is 11.6 Å². The first-order chi connectivity index (χ1) is 11.3. The molecular weight excluding hydrogens is 324 g/mol. The quantitative estimate of drug-likeness (QED) is 0.800. The summed E-state index contributed by atoms with van der Waals surface area (Å²) < 4.78 is 0. The number of benzene rings is 2. The summed E-state index contributed by atoms with van der Waals surface area (Å²) >= 11 is 6.17. The number of carbonyl (C=O) groups excluding carboxylic acids is 2. The lowest BCUT2D eigenvalue weighted by Gasteiger charge is -2.12. The Labute approximate surface area is 147 Å². The van der Waals surface area contributed by atoms with Gasteiger partial charge in [0, 0.05) is 5.69 Å². The predicted molar refractivity (Wildman–Crippen MR) is 98.7 cm³/mol.